The summed E-state index contributed by atoms with van der Waals surface area (Å²) in [6.07, 6.45) is 1.59. The molecule has 39 heavy (non-hydrogen) atoms. The van der Waals surface area contributed by atoms with E-state index >= 15 is 0 Å². The molecule has 1 saturated heterocycles. The molecule has 0 N–H and O–H groups in total. The first-order valence-corrected chi connectivity index (χ1v) is 14.4. The van der Waals surface area contributed by atoms with Gasteiger partial charge in [-0.3, -0.25) is 9.36 Å². The molecule has 8 nitrogen and oxygen atoms in total. The lowest BCUT2D eigenvalue weighted by atomic mass is 10.2. The summed E-state index contributed by atoms with van der Waals surface area (Å²) < 4.78 is 21.6. The maximum absolute atomic E-state index is 14.2. The Morgan fingerprint density at radius 1 is 1.05 bits per heavy atom. The van der Waals surface area contributed by atoms with Gasteiger partial charge in [-0.15, -0.1) is 21.5 Å². The molecule has 6 rings (SSSR count). The molecule has 0 atom stereocenters. The molecular weight excluding hydrogens is 559 g/mol. The summed E-state index contributed by atoms with van der Waals surface area (Å²) in [4.78, 5) is 21.5. The van der Waals surface area contributed by atoms with Crippen LogP contribution in [0.25, 0.3) is 17.3 Å². The zero-order valence-corrected chi connectivity index (χ0v) is 22.9. The van der Waals surface area contributed by atoms with Crippen LogP contribution in [0, 0.1) is 5.82 Å². The Morgan fingerprint density at radius 2 is 1.90 bits per heavy atom. The van der Waals surface area contributed by atoms with Crippen LogP contribution in [0.5, 0.6) is 0 Å². The number of nitrogens with zero attached hydrogens (tertiary/aromatic N) is 6. The van der Waals surface area contributed by atoms with Crippen molar-refractivity contribution in [1.82, 2.24) is 24.6 Å². The van der Waals surface area contributed by atoms with Crippen LogP contribution >= 0.6 is 34.7 Å². The minimum Gasteiger partial charge on any atom is -0.461 e. The molecule has 1 fully saturated rings. The van der Waals surface area contributed by atoms with E-state index in [1.807, 2.05) is 45.9 Å². The molecule has 3 aromatic heterocycles. The molecule has 0 radical (unpaired) electrons. The van der Waals surface area contributed by atoms with E-state index in [9.17, 15) is 9.18 Å². The lowest BCUT2D eigenvalue weighted by molar-refractivity contribution is 0.0741. The standard InChI is InChI=1S/C27H22ClFN6O2S2/c28-18-5-3-6-19(15-18)35-25(23-9-4-14-37-23)31-32-27(35)39-17-24-30-21(16-38-24)26(36)34-12-10-33(11-13-34)22-8-2-1-7-20(22)29/h1-9,14-16H,10-13,17H2. The molecule has 1 amide bonds. The number of para-hydroxylation sites is 1. The van der Waals surface area contributed by atoms with Crippen LogP contribution in [0.3, 0.4) is 0 Å². The molecule has 5 aromatic rings. The van der Waals surface area contributed by atoms with Gasteiger partial charge in [-0.2, -0.15) is 0 Å². The maximum atomic E-state index is 14.2. The molecule has 0 bridgehead atoms. The van der Waals surface area contributed by atoms with Gasteiger partial charge in [-0.25, -0.2) is 9.37 Å². The van der Waals surface area contributed by atoms with Crippen LogP contribution in [0.15, 0.2) is 81.9 Å². The van der Waals surface area contributed by atoms with Crippen molar-refractivity contribution < 1.29 is 13.6 Å². The first-order chi connectivity index (χ1) is 19.1. The van der Waals surface area contributed by atoms with E-state index in [0.717, 1.165) is 10.7 Å². The number of hydrogen-bond donors (Lipinski definition) is 0. The van der Waals surface area contributed by atoms with Gasteiger partial charge in [0.1, 0.15) is 16.5 Å². The number of carbonyl (C=O) groups is 1. The fourth-order valence-corrected chi connectivity index (χ4v) is 6.32. The van der Waals surface area contributed by atoms with Crippen molar-refractivity contribution in [3.63, 3.8) is 0 Å². The normalized spacial score (nSPS) is 13.7. The predicted octanol–water partition coefficient (Wildman–Crippen LogP) is 6.03. The largest absolute Gasteiger partial charge is 0.461 e. The Morgan fingerprint density at radius 3 is 2.67 bits per heavy atom. The minimum atomic E-state index is -0.249. The van der Waals surface area contributed by atoms with Crippen molar-refractivity contribution in [2.24, 2.45) is 0 Å². The number of amides is 1. The van der Waals surface area contributed by atoms with Gasteiger partial charge in [0.05, 0.1) is 23.4 Å². The lowest BCUT2D eigenvalue weighted by Gasteiger charge is -2.35. The summed E-state index contributed by atoms with van der Waals surface area (Å²) in [5, 5.41) is 12.6. The van der Waals surface area contributed by atoms with Crippen molar-refractivity contribution >= 4 is 46.3 Å². The van der Waals surface area contributed by atoms with Crippen LogP contribution in [0.1, 0.15) is 15.5 Å². The van der Waals surface area contributed by atoms with Gasteiger partial charge in [-0.05, 0) is 42.5 Å². The molecule has 4 heterocycles. The summed E-state index contributed by atoms with van der Waals surface area (Å²) >= 11 is 9.16. The molecule has 0 unspecified atom stereocenters. The number of furan rings is 1. The van der Waals surface area contributed by atoms with Gasteiger partial charge in [0.15, 0.2) is 10.9 Å². The number of thioether (sulfide) groups is 1. The lowest BCUT2D eigenvalue weighted by Crippen LogP contribution is -2.49. The van der Waals surface area contributed by atoms with Crippen LogP contribution < -0.4 is 4.90 Å². The SMILES string of the molecule is O=C(c1csc(CSc2nnc(-c3ccco3)n2-c2cccc(Cl)c2)n1)N1CCN(c2ccccc2F)CC1. The van der Waals surface area contributed by atoms with E-state index < -0.39 is 0 Å². The average Bonchev–Trinajstić information content (AvgIpc) is 3.73. The third-order valence-electron chi connectivity index (χ3n) is 6.30. The van der Waals surface area contributed by atoms with E-state index in [4.69, 9.17) is 16.0 Å². The first-order valence-electron chi connectivity index (χ1n) is 12.2. The Hall–Kier alpha value is -3.67. The number of halogens is 2. The second-order valence-electron chi connectivity index (χ2n) is 8.74. The molecule has 0 aliphatic carbocycles. The Labute approximate surface area is 237 Å². The van der Waals surface area contributed by atoms with E-state index in [2.05, 4.69) is 15.2 Å². The highest BCUT2D eigenvalue weighted by Gasteiger charge is 2.25. The maximum Gasteiger partial charge on any atom is 0.273 e. The van der Waals surface area contributed by atoms with Crippen molar-refractivity contribution in [3.8, 4) is 17.3 Å². The summed E-state index contributed by atoms with van der Waals surface area (Å²) in [5.41, 5.74) is 1.80. The highest BCUT2D eigenvalue weighted by atomic mass is 35.5. The second kappa shape index (κ2) is 11.2. The van der Waals surface area contributed by atoms with Crippen LogP contribution in [0.4, 0.5) is 10.1 Å². The number of carbonyl (C=O) groups excluding carboxylic acids is 1. The molecule has 0 spiro atoms. The molecule has 0 saturated carbocycles. The van der Waals surface area contributed by atoms with Gasteiger partial charge >= 0.3 is 0 Å². The Kier molecular flexibility index (Phi) is 7.36. The van der Waals surface area contributed by atoms with Gasteiger partial charge in [0.2, 0.25) is 5.82 Å². The van der Waals surface area contributed by atoms with Crippen LogP contribution in [-0.4, -0.2) is 56.7 Å². The van der Waals surface area contributed by atoms with Crippen molar-refractivity contribution in [1.29, 1.82) is 0 Å². The van der Waals surface area contributed by atoms with Gasteiger partial charge < -0.3 is 14.2 Å². The summed E-state index contributed by atoms with van der Waals surface area (Å²) in [6, 6.07) is 17.8. The van der Waals surface area contributed by atoms with Gasteiger partial charge in [0, 0.05) is 36.6 Å². The highest BCUT2D eigenvalue weighted by Crippen LogP contribution is 2.31. The average molecular weight is 581 g/mol. The van der Waals surface area contributed by atoms with Crippen molar-refractivity contribution in [2.75, 3.05) is 31.1 Å². The van der Waals surface area contributed by atoms with Crippen LogP contribution in [-0.2, 0) is 5.75 Å². The number of anilines is 1. The fourth-order valence-electron chi connectivity index (χ4n) is 4.40. The summed E-state index contributed by atoms with van der Waals surface area (Å²) in [6.45, 7) is 2.15. The number of aromatic nitrogens is 4. The fraction of sp³-hybridized carbons (Fsp3) is 0.185. The van der Waals surface area contributed by atoms with E-state index in [0.29, 0.717) is 65.1 Å². The first kappa shape index (κ1) is 25.6. The van der Waals surface area contributed by atoms with Crippen molar-refractivity contribution in [3.05, 3.63) is 93.8 Å². The van der Waals surface area contributed by atoms with Gasteiger partial charge in [0.25, 0.3) is 5.91 Å². The van der Waals surface area contributed by atoms with E-state index in [-0.39, 0.29) is 11.7 Å². The number of piperazine rings is 1. The van der Waals surface area contributed by atoms with E-state index in [1.165, 1.54) is 29.2 Å². The summed E-state index contributed by atoms with van der Waals surface area (Å²) in [5.74, 6) is 1.30. The zero-order valence-electron chi connectivity index (χ0n) is 20.5. The zero-order chi connectivity index (χ0) is 26.8. The van der Waals surface area contributed by atoms with Crippen molar-refractivity contribution in [2.45, 2.75) is 10.9 Å². The number of rotatable bonds is 7. The third-order valence-corrected chi connectivity index (χ3v) is 8.50. The molecule has 198 valence electrons. The minimum absolute atomic E-state index is 0.113. The molecule has 1 aliphatic rings. The number of benzene rings is 2. The van der Waals surface area contributed by atoms with E-state index in [1.54, 1.807) is 34.7 Å². The number of hydrogen-bond acceptors (Lipinski definition) is 8. The predicted molar refractivity (Wildman–Crippen MR) is 150 cm³/mol. The molecule has 2 aromatic carbocycles. The smallest absolute Gasteiger partial charge is 0.273 e. The quantitative estimate of drug-likeness (QED) is 0.217. The molecular formula is C27H22ClFN6O2S2. The Bertz CT molecular complexity index is 1600. The second-order valence-corrected chi connectivity index (χ2v) is 11.1. The number of thiazole rings is 1. The molecule has 1 aliphatic heterocycles. The third kappa shape index (κ3) is 5.42. The molecule has 12 heteroatoms. The van der Waals surface area contributed by atoms with Gasteiger partial charge in [-0.1, -0.05) is 41.6 Å². The Balaban J connectivity index is 1.13. The topological polar surface area (TPSA) is 80.3 Å². The van der Waals surface area contributed by atoms with Crippen LogP contribution in [0.2, 0.25) is 5.02 Å². The monoisotopic (exact) mass is 580 g/mol. The highest BCUT2D eigenvalue weighted by molar-refractivity contribution is 7.98. The summed E-state index contributed by atoms with van der Waals surface area (Å²) in [7, 11) is 0.